The summed E-state index contributed by atoms with van der Waals surface area (Å²) < 4.78 is 7.52. The van der Waals surface area contributed by atoms with Gasteiger partial charge in [-0.2, -0.15) is 0 Å². The molecule has 1 aliphatic rings. The molecule has 2 aromatic rings. The van der Waals surface area contributed by atoms with Gasteiger partial charge in [-0.1, -0.05) is 24.3 Å². The van der Waals surface area contributed by atoms with E-state index in [1.165, 1.54) is 5.56 Å². The largest absolute Gasteiger partial charge is 0.387 e. The number of β-amino-alcohol motifs (C(OH)–C–C–N with tert-alkyl or cyclic N) is 1. The molecule has 1 aromatic heterocycles. The number of ether oxygens (including phenoxy) is 1. The van der Waals surface area contributed by atoms with E-state index in [1.54, 1.807) is 0 Å². The number of rotatable bonds is 9. The summed E-state index contributed by atoms with van der Waals surface area (Å²) >= 11 is 0. The molecule has 1 fully saturated rings. The van der Waals surface area contributed by atoms with Crippen LogP contribution in [-0.4, -0.2) is 77.1 Å². The van der Waals surface area contributed by atoms with E-state index >= 15 is 0 Å². The van der Waals surface area contributed by atoms with Crippen LogP contribution in [0.4, 0.5) is 0 Å². The molecule has 3 N–H and O–H groups in total. The van der Waals surface area contributed by atoms with Gasteiger partial charge in [0, 0.05) is 51.7 Å². The van der Waals surface area contributed by atoms with E-state index < -0.39 is 5.60 Å². The van der Waals surface area contributed by atoms with Crippen LogP contribution in [0.25, 0.3) is 0 Å². The highest BCUT2D eigenvalue weighted by atomic mass is 127. The SMILES string of the molecule is CCNC(=NCc1cccc(Cn2ccnc2C)c1)NCC(C)(O)CN1CCOCC1.I. The third-order valence-electron chi connectivity index (χ3n) is 5.34. The second-order valence-corrected chi connectivity index (χ2v) is 8.36. The van der Waals surface area contributed by atoms with E-state index in [0.717, 1.165) is 50.8 Å². The smallest absolute Gasteiger partial charge is 0.191 e. The molecular formula is C23H37IN6O2. The quantitative estimate of drug-likeness (QED) is 0.249. The Hall–Kier alpha value is -1.69. The van der Waals surface area contributed by atoms with Crippen molar-refractivity contribution in [2.75, 3.05) is 45.9 Å². The zero-order valence-corrected chi connectivity index (χ0v) is 21.7. The van der Waals surface area contributed by atoms with Crippen LogP contribution in [0.2, 0.25) is 0 Å². The van der Waals surface area contributed by atoms with Crippen molar-refractivity contribution in [3.63, 3.8) is 0 Å². The Balaban J connectivity index is 0.00000363. The summed E-state index contributed by atoms with van der Waals surface area (Å²) in [5.41, 5.74) is 1.52. The number of hydrogen-bond acceptors (Lipinski definition) is 5. The Morgan fingerprint density at radius 2 is 2.00 bits per heavy atom. The van der Waals surface area contributed by atoms with Crippen molar-refractivity contribution in [3.05, 3.63) is 53.6 Å². The minimum absolute atomic E-state index is 0. The minimum Gasteiger partial charge on any atom is -0.387 e. The van der Waals surface area contributed by atoms with Crippen molar-refractivity contribution < 1.29 is 9.84 Å². The van der Waals surface area contributed by atoms with Gasteiger partial charge in [-0.05, 0) is 31.9 Å². The molecular weight excluding hydrogens is 519 g/mol. The van der Waals surface area contributed by atoms with E-state index in [1.807, 2.05) is 33.2 Å². The van der Waals surface area contributed by atoms with E-state index in [9.17, 15) is 5.11 Å². The molecule has 0 bridgehead atoms. The van der Waals surface area contributed by atoms with Gasteiger partial charge in [0.2, 0.25) is 0 Å². The monoisotopic (exact) mass is 556 g/mol. The predicted octanol–water partition coefficient (Wildman–Crippen LogP) is 2.00. The Morgan fingerprint density at radius 3 is 2.69 bits per heavy atom. The highest BCUT2D eigenvalue weighted by Gasteiger charge is 2.25. The molecule has 8 nitrogen and oxygen atoms in total. The lowest BCUT2D eigenvalue weighted by molar-refractivity contribution is -0.0201. The van der Waals surface area contributed by atoms with Crippen LogP contribution >= 0.6 is 24.0 Å². The average Bonchev–Trinajstić information content (AvgIpc) is 3.15. The van der Waals surface area contributed by atoms with Gasteiger partial charge in [0.15, 0.2) is 5.96 Å². The molecule has 0 aliphatic carbocycles. The third-order valence-corrected chi connectivity index (χ3v) is 5.34. The maximum Gasteiger partial charge on any atom is 0.191 e. The van der Waals surface area contributed by atoms with Gasteiger partial charge < -0.3 is 25.0 Å². The topological polar surface area (TPSA) is 86.9 Å². The third kappa shape index (κ3) is 8.68. The molecule has 1 aliphatic heterocycles. The molecule has 1 saturated heterocycles. The van der Waals surface area contributed by atoms with Crippen LogP contribution in [0.5, 0.6) is 0 Å². The molecule has 1 aromatic carbocycles. The molecule has 32 heavy (non-hydrogen) atoms. The summed E-state index contributed by atoms with van der Waals surface area (Å²) in [6.07, 6.45) is 3.82. The fourth-order valence-corrected chi connectivity index (χ4v) is 3.68. The summed E-state index contributed by atoms with van der Waals surface area (Å²) in [5.74, 6) is 1.71. The highest BCUT2D eigenvalue weighted by molar-refractivity contribution is 14.0. The summed E-state index contributed by atoms with van der Waals surface area (Å²) in [5, 5.41) is 17.4. The maximum absolute atomic E-state index is 10.8. The fraction of sp³-hybridized carbons (Fsp3) is 0.565. The van der Waals surface area contributed by atoms with Crippen molar-refractivity contribution >= 4 is 29.9 Å². The molecule has 0 saturated carbocycles. The molecule has 1 unspecified atom stereocenters. The molecule has 0 radical (unpaired) electrons. The van der Waals surface area contributed by atoms with Gasteiger partial charge in [0.25, 0.3) is 0 Å². The lowest BCUT2D eigenvalue weighted by Gasteiger charge is -2.34. The number of aliphatic hydroxyl groups is 1. The Labute approximate surface area is 208 Å². The second kappa shape index (κ2) is 13.1. The van der Waals surface area contributed by atoms with Crippen molar-refractivity contribution in [1.82, 2.24) is 25.1 Å². The average molecular weight is 556 g/mol. The van der Waals surface area contributed by atoms with E-state index in [2.05, 4.69) is 49.4 Å². The van der Waals surface area contributed by atoms with E-state index in [0.29, 0.717) is 25.6 Å². The van der Waals surface area contributed by atoms with Crippen LogP contribution in [0.15, 0.2) is 41.7 Å². The van der Waals surface area contributed by atoms with Crippen molar-refractivity contribution in [2.24, 2.45) is 4.99 Å². The van der Waals surface area contributed by atoms with E-state index in [-0.39, 0.29) is 24.0 Å². The molecule has 3 rings (SSSR count). The van der Waals surface area contributed by atoms with Crippen LogP contribution in [0.3, 0.4) is 0 Å². The number of hydrogen-bond donors (Lipinski definition) is 3. The summed E-state index contributed by atoms with van der Waals surface area (Å²) in [7, 11) is 0. The second-order valence-electron chi connectivity index (χ2n) is 8.36. The lowest BCUT2D eigenvalue weighted by atomic mass is 10.1. The van der Waals surface area contributed by atoms with Crippen molar-refractivity contribution in [3.8, 4) is 0 Å². The van der Waals surface area contributed by atoms with Crippen LogP contribution in [0.1, 0.15) is 30.8 Å². The van der Waals surface area contributed by atoms with Gasteiger partial charge >= 0.3 is 0 Å². The number of aromatic nitrogens is 2. The molecule has 1 atom stereocenters. The Kier molecular flexibility index (Phi) is 10.9. The normalized spacial score (nSPS) is 16.8. The summed E-state index contributed by atoms with van der Waals surface area (Å²) in [6, 6.07) is 8.46. The van der Waals surface area contributed by atoms with Crippen LogP contribution < -0.4 is 10.6 Å². The number of guanidine groups is 1. The number of aliphatic imine (C=N–C) groups is 1. The number of halogens is 1. The standard InChI is InChI=1S/C23H36N6O2.HI/c1-4-24-22(27-17-23(3,30)18-28-10-12-31-13-11-28)26-15-20-6-5-7-21(14-20)16-29-9-8-25-19(29)2;/h5-9,14,30H,4,10-13,15-18H2,1-3H3,(H2,24,26,27);1H. The van der Waals surface area contributed by atoms with Gasteiger partial charge in [-0.25, -0.2) is 9.98 Å². The first-order chi connectivity index (χ1) is 14.9. The molecule has 0 amide bonds. The molecule has 0 spiro atoms. The Morgan fingerprint density at radius 1 is 1.25 bits per heavy atom. The first-order valence-corrected chi connectivity index (χ1v) is 11.1. The number of morpholine rings is 1. The maximum atomic E-state index is 10.8. The van der Waals surface area contributed by atoms with Gasteiger partial charge in [0.05, 0.1) is 25.4 Å². The number of benzene rings is 1. The summed E-state index contributed by atoms with van der Waals surface area (Å²) in [4.78, 5) is 11.2. The van der Waals surface area contributed by atoms with Crippen LogP contribution in [-0.2, 0) is 17.8 Å². The molecule has 2 heterocycles. The number of aryl methyl sites for hydroxylation is 1. The number of imidazole rings is 1. The van der Waals surface area contributed by atoms with Gasteiger partial charge in [-0.3, -0.25) is 4.90 Å². The summed E-state index contributed by atoms with van der Waals surface area (Å²) in [6.45, 7) is 12.3. The van der Waals surface area contributed by atoms with E-state index in [4.69, 9.17) is 9.73 Å². The number of nitrogens with one attached hydrogen (secondary N) is 2. The minimum atomic E-state index is -0.851. The zero-order chi connectivity index (χ0) is 22.1. The van der Waals surface area contributed by atoms with Gasteiger partial charge in [-0.15, -0.1) is 24.0 Å². The zero-order valence-electron chi connectivity index (χ0n) is 19.4. The molecule has 9 heteroatoms. The highest BCUT2D eigenvalue weighted by Crippen LogP contribution is 2.10. The van der Waals surface area contributed by atoms with Crippen molar-refractivity contribution in [1.29, 1.82) is 0 Å². The van der Waals surface area contributed by atoms with Crippen molar-refractivity contribution in [2.45, 2.75) is 39.5 Å². The molecule has 178 valence electrons. The fourth-order valence-electron chi connectivity index (χ4n) is 3.68. The number of nitrogens with zero attached hydrogens (tertiary/aromatic N) is 4. The van der Waals surface area contributed by atoms with Crippen LogP contribution in [0, 0.1) is 6.92 Å². The Bertz CT molecular complexity index is 849. The predicted molar refractivity (Wildman–Crippen MR) is 139 cm³/mol. The van der Waals surface area contributed by atoms with Gasteiger partial charge in [0.1, 0.15) is 5.82 Å². The lowest BCUT2D eigenvalue weighted by Crippen LogP contribution is -2.52. The first-order valence-electron chi connectivity index (χ1n) is 11.1. The first kappa shape index (κ1) is 26.6.